The fourth-order valence-electron chi connectivity index (χ4n) is 3.73. The first-order valence-electron chi connectivity index (χ1n) is 10.9. The molecule has 0 aliphatic carbocycles. The Morgan fingerprint density at radius 1 is 1.07 bits per heavy atom. The van der Waals surface area contributed by atoms with Gasteiger partial charge in [-0.1, -0.05) is 38.1 Å². The van der Waals surface area contributed by atoms with Gasteiger partial charge in [-0.05, 0) is 69.9 Å². The topological polar surface area (TPSA) is 42.9 Å². The predicted octanol–water partition coefficient (Wildman–Crippen LogP) is 3.76. The van der Waals surface area contributed by atoms with E-state index in [2.05, 4.69) is 77.5 Å². The van der Waals surface area contributed by atoms with Crippen molar-refractivity contribution in [2.24, 2.45) is 10.9 Å². The number of benzene rings is 1. The van der Waals surface area contributed by atoms with Crippen LogP contribution in [0.4, 0.5) is 0 Å². The van der Waals surface area contributed by atoms with Gasteiger partial charge in [0.1, 0.15) is 0 Å². The SMILES string of the molecule is CN=C(NCCCN1CCCN(C)CC1)NC(C)c1ccc(CC(C)C)cc1.I. The van der Waals surface area contributed by atoms with Gasteiger partial charge in [0, 0.05) is 26.7 Å². The fraction of sp³-hybridized carbons (Fsp3) is 0.696. The molecule has 5 nitrogen and oxygen atoms in total. The van der Waals surface area contributed by atoms with Gasteiger partial charge in [-0.15, -0.1) is 24.0 Å². The number of nitrogens with one attached hydrogen (secondary N) is 2. The van der Waals surface area contributed by atoms with Crippen molar-refractivity contribution in [3.63, 3.8) is 0 Å². The molecular formula is C23H42IN5. The minimum atomic E-state index is 0. The number of aliphatic imine (C=N–C) groups is 1. The Bertz CT molecular complexity index is 587. The van der Waals surface area contributed by atoms with E-state index in [0.717, 1.165) is 31.9 Å². The number of likely N-dealkylation sites (N-methyl/N-ethyl adjacent to an activating group) is 1. The molecule has 1 atom stereocenters. The molecule has 0 spiro atoms. The molecular weight excluding hydrogens is 473 g/mol. The number of hydrogen-bond donors (Lipinski definition) is 2. The van der Waals surface area contributed by atoms with Crippen LogP contribution in [-0.2, 0) is 6.42 Å². The molecule has 0 aromatic heterocycles. The molecule has 166 valence electrons. The lowest BCUT2D eigenvalue weighted by atomic mass is 10.00. The van der Waals surface area contributed by atoms with Crippen LogP contribution in [0.25, 0.3) is 0 Å². The number of hydrogen-bond acceptors (Lipinski definition) is 3. The number of nitrogens with zero attached hydrogens (tertiary/aromatic N) is 3. The van der Waals surface area contributed by atoms with E-state index in [1.165, 1.54) is 43.7 Å². The third kappa shape index (κ3) is 10.1. The van der Waals surface area contributed by atoms with Crippen molar-refractivity contribution in [3.8, 4) is 0 Å². The maximum atomic E-state index is 4.39. The van der Waals surface area contributed by atoms with E-state index in [-0.39, 0.29) is 30.0 Å². The van der Waals surface area contributed by atoms with E-state index in [1.807, 2.05) is 7.05 Å². The Morgan fingerprint density at radius 2 is 1.79 bits per heavy atom. The summed E-state index contributed by atoms with van der Waals surface area (Å²) in [5.74, 6) is 1.58. The average molecular weight is 516 g/mol. The molecule has 1 aromatic carbocycles. The summed E-state index contributed by atoms with van der Waals surface area (Å²) in [7, 11) is 4.07. The van der Waals surface area contributed by atoms with Crippen molar-refractivity contribution >= 4 is 29.9 Å². The third-order valence-corrected chi connectivity index (χ3v) is 5.46. The molecule has 29 heavy (non-hydrogen) atoms. The Hall–Kier alpha value is -0.860. The molecule has 0 amide bonds. The van der Waals surface area contributed by atoms with Gasteiger partial charge < -0.3 is 20.4 Å². The molecule has 2 N–H and O–H groups in total. The highest BCUT2D eigenvalue weighted by Gasteiger charge is 2.12. The van der Waals surface area contributed by atoms with E-state index in [0.29, 0.717) is 5.92 Å². The van der Waals surface area contributed by atoms with Gasteiger partial charge in [0.05, 0.1) is 6.04 Å². The van der Waals surface area contributed by atoms with Crippen LogP contribution < -0.4 is 10.6 Å². The quantitative estimate of drug-likeness (QED) is 0.240. The molecule has 2 rings (SSSR count). The van der Waals surface area contributed by atoms with Crippen LogP contribution >= 0.6 is 24.0 Å². The second-order valence-corrected chi connectivity index (χ2v) is 8.56. The van der Waals surface area contributed by atoms with Crippen LogP contribution in [0.15, 0.2) is 29.3 Å². The highest BCUT2D eigenvalue weighted by atomic mass is 127. The van der Waals surface area contributed by atoms with Crippen molar-refractivity contribution in [2.75, 3.05) is 53.4 Å². The van der Waals surface area contributed by atoms with Gasteiger partial charge in [0.25, 0.3) is 0 Å². The molecule has 1 aliphatic rings. The van der Waals surface area contributed by atoms with E-state index in [9.17, 15) is 0 Å². The number of guanidine groups is 1. The highest BCUT2D eigenvalue weighted by molar-refractivity contribution is 14.0. The predicted molar refractivity (Wildman–Crippen MR) is 136 cm³/mol. The number of halogens is 1. The zero-order chi connectivity index (χ0) is 20.4. The number of rotatable bonds is 8. The van der Waals surface area contributed by atoms with Crippen molar-refractivity contribution < 1.29 is 0 Å². The van der Waals surface area contributed by atoms with Crippen LogP contribution in [-0.4, -0.2) is 69.1 Å². The lowest BCUT2D eigenvalue weighted by Gasteiger charge is -2.21. The first-order valence-corrected chi connectivity index (χ1v) is 10.9. The summed E-state index contributed by atoms with van der Waals surface area (Å²) in [5.41, 5.74) is 2.71. The lowest BCUT2D eigenvalue weighted by Crippen LogP contribution is -2.40. The highest BCUT2D eigenvalue weighted by Crippen LogP contribution is 2.15. The molecule has 1 saturated heterocycles. The van der Waals surface area contributed by atoms with Crippen LogP contribution in [0, 0.1) is 5.92 Å². The maximum Gasteiger partial charge on any atom is 0.191 e. The molecule has 1 fully saturated rings. The molecule has 0 radical (unpaired) electrons. The van der Waals surface area contributed by atoms with Crippen LogP contribution in [0.3, 0.4) is 0 Å². The van der Waals surface area contributed by atoms with Crippen molar-refractivity contribution in [1.82, 2.24) is 20.4 Å². The van der Waals surface area contributed by atoms with E-state index >= 15 is 0 Å². The monoisotopic (exact) mass is 515 g/mol. The summed E-state index contributed by atoms with van der Waals surface area (Å²) >= 11 is 0. The third-order valence-electron chi connectivity index (χ3n) is 5.46. The Morgan fingerprint density at radius 3 is 2.45 bits per heavy atom. The summed E-state index contributed by atoms with van der Waals surface area (Å²) in [4.78, 5) is 9.41. The largest absolute Gasteiger partial charge is 0.356 e. The molecule has 1 aromatic rings. The van der Waals surface area contributed by atoms with E-state index in [4.69, 9.17) is 0 Å². The Labute approximate surface area is 195 Å². The van der Waals surface area contributed by atoms with Gasteiger partial charge in [-0.25, -0.2) is 0 Å². The second kappa shape index (κ2) is 14.2. The molecule has 1 aliphatic heterocycles. The summed E-state index contributed by atoms with van der Waals surface area (Å²) in [6, 6.07) is 9.21. The van der Waals surface area contributed by atoms with Crippen molar-refractivity contribution in [3.05, 3.63) is 35.4 Å². The normalized spacial score (nSPS) is 17.5. The van der Waals surface area contributed by atoms with Crippen molar-refractivity contribution in [1.29, 1.82) is 0 Å². The maximum absolute atomic E-state index is 4.39. The zero-order valence-corrected chi connectivity index (χ0v) is 21.4. The Balaban J connectivity index is 0.00000420. The summed E-state index contributed by atoms with van der Waals surface area (Å²) in [5, 5.41) is 6.99. The molecule has 1 unspecified atom stereocenters. The van der Waals surface area contributed by atoms with Gasteiger partial charge in [-0.3, -0.25) is 4.99 Å². The molecule has 0 bridgehead atoms. The fourth-order valence-corrected chi connectivity index (χ4v) is 3.73. The van der Waals surface area contributed by atoms with Crippen LogP contribution in [0.5, 0.6) is 0 Å². The van der Waals surface area contributed by atoms with Crippen LogP contribution in [0.2, 0.25) is 0 Å². The standard InChI is InChI=1S/C23H41N5.HI/c1-19(2)18-21-8-10-22(11-9-21)20(3)26-23(24-4)25-12-6-14-28-15-7-13-27(5)16-17-28;/h8-11,19-20H,6-7,12-18H2,1-5H3,(H2,24,25,26);1H. The van der Waals surface area contributed by atoms with Gasteiger partial charge in [0.2, 0.25) is 0 Å². The second-order valence-electron chi connectivity index (χ2n) is 8.56. The summed E-state index contributed by atoms with van der Waals surface area (Å²) in [6.07, 6.45) is 3.56. The van der Waals surface area contributed by atoms with Gasteiger partial charge in [-0.2, -0.15) is 0 Å². The molecule has 6 heteroatoms. The summed E-state index contributed by atoms with van der Waals surface area (Å²) in [6.45, 7) is 13.6. The van der Waals surface area contributed by atoms with Gasteiger partial charge in [0.15, 0.2) is 5.96 Å². The minimum absolute atomic E-state index is 0. The Kier molecular flexibility index (Phi) is 12.8. The first-order chi connectivity index (χ1) is 13.5. The molecule has 1 heterocycles. The molecule has 0 saturated carbocycles. The minimum Gasteiger partial charge on any atom is -0.356 e. The zero-order valence-electron chi connectivity index (χ0n) is 19.1. The van der Waals surface area contributed by atoms with Crippen molar-refractivity contribution in [2.45, 2.75) is 46.1 Å². The van der Waals surface area contributed by atoms with E-state index < -0.39 is 0 Å². The average Bonchev–Trinajstić information content (AvgIpc) is 2.88. The summed E-state index contributed by atoms with van der Waals surface area (Å²) < 4.78 is 0. The van der Waals surface area contributed by atoms with E-state index in [1.54, 1.807) is 0 Å². The first kappa shape index (κ1) is 26.2. The van der Waals surface area contributed by atoms with Crippen LogP contribution in [0.1, 0.15) is 50.8 Å². The lowest BCUT2D eigenvalue weighted by molar-refractivity contribution is 0.274. The van der Waals surface area contributed by atoms with Gasteiger partial charge >= 0.3 is 0 Å². The smallest absolute Gasteiger partial charge is 0.191 e.